The molecule has 1 fully saturated rings. The zero-order chi connectivity index (χ0) is 19.7. The summed E-state index contributed by atoms with van der Waals surface area (Å²) in [6, 6.07) is 5.81. The molecule has 8 heteroatoms. The summed E-state index contributed by atoms with van der Waals surface area (Å²) in [7, 11) is 0. The van der Waals surface area contributed by atoms with Crippen LogP contribution in [0.3, 0.4) is 0 Å². The van der Waals surface area contributed by atoms with Crippen LogP contribution in [-0.4, -0.2) is 55.2 Å². The average molecular weight is 379 g/mol. The molecule has 0 radical (unpaired) electrons. The number of rotatable bonds is 4. The van der Waals surface area contributed by atoms with Crippen molar-refractivity contribution >= 4 is 5.82 Å². The Morgan fingerprint density at radius 2 is 2.04 bits per heavy atom. The van der Waals surface area contributed by atoms with Crippen molar-refractivity contribution < 1.29 is 5.11 Å². The van der Waals surface area contributed by atoms with E-state index in [9.17, 15) is 5.11 Å². The molecule has 3 N–H and O–H groups in total. The summed E-state index contributed by atoms with van der Waals surface area (Å²) in [4.78, 5) is 6.62. The lowest BCUT2D eigenvalue weighted by molar-refractivity contribution is 0.373. The first-order valence-electron chi connectivity index (χ1n) is 9.44. The van der Waals surface area contributed by atoms with Crippen LogP contribution in [0, 0.1) is 0 Å². The first-order valence-corrected chi connectivity index (χ1v) is 9.44. The Balaban J connectivity index is 1.48. The number of phenolic OH excluding ortho intramolecular Hbond substituents is 1. The van der Waals surface area contributed by atoms with Gasteiger partial charge in [-0.25, -0.2) is 4.98 Å². The van der Waals surface area contributed by atoms with Crippen molar-refractivity contribution in [2.24, 2.45) is 0 Å². The molecular weight excluding hydrogens is 354 g/mol. The number of H-pyrrole nitrogens is 1. The van der Waals surface area contributed by atoms with Crippen LogP contribution < -0.4 is 10.2 Å². The number of benzene rings is 1. The largest absolute Gasteiger partial charge is 0.507 e. The van der Waals surface area contributed by atoms with Gasteiger partial charge in [-0.2, -0.15) is 5.10 Å². The Morgan fingerprint density at radius 3 is 2.68 bits per heavy atom. The second-order valence-electron chi connectivity index (χ2n) is 8.18. The van der Waals surface area contributed by atoms with Crippen molar-refractivity contribution in [2.45, 2.75) is 38.8 Å². The first kappa shape index (κ1) is 18.4. The van der Waals surface area contributed by atoms with E-state index < -0.39 is 0 Å². The normalized spacial score (nSPS) is 17.2. The van der Waals surface area contributed by atoms with E-state index in [-0.39, 0.29) is 11.3 Å². The molecule has 1 saturated heterocycles. The van der Waals surface area contributed by atoms with Gasteiger partial charge in [-0.05, 0) is 44.9 Å². The molecule has 1 aliphatic rings. The number of aromatic amines is 1. The zero-order valence-corrected chi connectivity index (χ0v) is 16.3. The predicted octanol–water partition coefficient (Wildman–Crippen LogP) is 2.60. The Labute approximate surface area is 164 Å². The van der Waals surface area contributed by atoms with Gasteiger partial charge >= 0.3 is 0 Å². The number of nitrogens with one attached hydrogen (secondary N) is 2. The fraction of sp³-hybridized carbons (Fsp3) is 0.400. The molecule has 0 bridgehead atoms. The van der Waals surface area contributed by atoms with Gasteiger partial charge in [-0.1, -0.05) is 6.07 Å². The number of phenols is 1. The summed E-state index contributed by atoms with van der Waals surface area (Å²) in [5.41, 5.74) is 2.42. The van der Waals surface area contributed by atoms with Gasteiger partial charge in [0.25, 0.3) is 0 Å². The molecule has 4 rings (SSSR count). The predicted molar refractivity (Wildman–Crippen MR) is 108 cm³/mol. The molecule has 0 saturated carbocycles. The summed E-state index contributed by atoms with van der Waals surface area (Å²) in [5.74, 6) is 1.28. The van der Waals surface area contributed by atoms with Crippen LogP contribution in [0.2, 0.25) is 0 Å². The summed E-state index contributed by atoms with van der Waals surface area (Å²) in [6.07, 6.45) is 6.28. The Hall–Kier alpha value is -3.00. The molecule has 8 nitrogen and oxygen atoms in total. The summed E-state index contributed by atoms with van der Waals surface area (Å²) in [6.45, 7) is 8.34. The number of hydrogen-bond donors (Lipinski definition) is 3. The molecule has 1 aromatic carbocycles. The van der Waals surface area contributed by atoms with Crippen LogP contribution in [-0.2, 0) is 0 Å². The van der Waals surface area contributed by atoms with E-state index in [1.807, 2.05) is 6.07 Å². The average Bonchev–Trinajstić information content (AvgIpc) is 3.32. The van der Waals surface area contributed by atoms with Crippen molar-refractivity contribution in [3.8, 4) is 28.3 Å². The van der Waals surface area contributed by atoms with E-state index >= 15 is 0 Å². The third kappa shape index (κ3) is 3.96. The smallest absolute Gasteiger partial charge is 0.185 e. The van der Waals surface area contributed by atoms with Crippen molar-refractivity contribution in [1.82, 2.24) is 30.7 Å². The van der Waals surface area contributed by atoms with Gasteiger partial charge in [0.05, 0.1) is 18.0 Å². The standard InChI is InChI=1S/C20H25N7O/c1-20(2,3)24-15-6-7-27(12-15)18-11-21-19(26-25-18)16-5-4-13(8-17(16)28)14-9-22-23-10-14/h4-5,8-11,15,24,28H,6-7,12H2,1-3H3,(H,22,23). The molecule has 146 valence electrons. The van der Waals surface area contributed by atoms with Gasteiger partial charge < -0.3 is 15.3 Å². The molecule has 1 atom stereocenters. The highest BCUT2D eigenvalue weighted by Gasteiger charge is 2.27. The minimum atomic E-state index is 0.0919. The zero-order valence-electron chi connectivity index (χ0n) is 16.3. The van der Waals surface area contributed by atoms with Crippen LogP contribution in [0.15, 0.2) is 36.8 Å². The SMILES string of the molecule is CC(C)(C)NC1CCN(c2cnc(-c3ccc(-c4cn[nH]c4)cc3O)nn2)C1. The van der Waals surface area contributed by atoms with Crippen LogP contribution in [0.25, 0.3) is 22.5 Å². The van der Waals surface area contributed by atoms with Gasteiger partial charge in [0, 0.05) is 36.4 Å². The maximum absolute atomic E-state index is 10.4. The van der Waals surface area contributed by atoms with Gasteiger partial charge in [0.15, 0.2) is 11.6 Å². The summed E-state index contributed by atoms with van der Waals surface area (Å²) in [5, 5.41) is 29.3. The fourth-order valence-corrected chi connectivity index (χ4v) is 3.55. The van der Waals surface area contributed by atoms with Crippen molar-refractivity contribution in [2.75, 3.05) is 18.0 Å². The van der Waals surface area contributed by atoms with E-state index in [2.05, 4.69) is 56.4 Å². The topological polar surface area (TPSA) is 103 Å². The molecule has 3 aromatic rings. The van der Waals surface area contributed by atoms with Crippen LogP contribution >= 0.6 is 0 Å². The summed E-state index contributed by atoms with van der Waals surface area (Å²) < 4.78 is 0. The van der Waals surface area contributed by atoms with E-state index in [0.29, 0.717) is 17.4 Å². The Morgan fingerprint density at radius 1 is 1.18 bits per heavy atom. The molecular formula is C20H25N7O. The second kappa shape index (κ2) is 7.20. The van der Waals surface area contributed by atoms with Crippen molar-refractivity contribution in [1.29, 1.82) is 0 Å². The van der Waals surface area contributed by atoms with Crippen LogP contribution in [0.4, 0.5) is 5.82 Å². The maximum Gasteiger partial charge on any atom is 0.185 e. The third-order valence-corrected chi connectivity index (χ3v) is 4.77. The summed E-state index contributed by atoms with van der Waals surface area (Å²) >= 11 is 0. The van der Waals surface area contributed by atoms with Gasteiger partial charge in [0.1, 0.15) is 5.75 Å². The molecule has 1 unspecified atom stereocenters. The molecule has 3 heterocycles. The molecule has 2 aromatic heterocycles. The van der Waals surface area contributed by atoms with E-state index in [1.54, 1.807) is 30.7 Å². The quantitative estimate of drug-likeness (QED) is 0.640. The van der Waals surface area contributed by atoms with Gasteiger partial charge in [-0.15, -0.1) is 10.2 Å². The van der Waals surface area contributed by atoms with E-state index in [0.717, 1.165) is 36.5 Å². The van der Waals surface area contributed by atoms with E-state index in [1.165, 1.54) is 0 Å². The number of nitrogens with zero attached hydrogens (tertiary/aromatic N) is 5. The van der Waals surface area contributed by atoms with Crippen LogP contribution in [0.5, 0.6) is 5.75 Å². The van der Waals surface area contributed by atoms with Crippen LogP contribution in [0.1, 0.15) is 27.2 Å². The highest BCUT2D eigenvalue weighted by molar-refractivity contribution is 5.72. The van der Waals surface area contributed by atoms with Gasteiger partial charge in [-0.3, -0.25) is 5.10 Å². The number of anilines is 1. The highest BCUT2D eigenvalue weighted by Crippen LogP contribution is 2.31. The molecule has 28 heavy (non-hydrogen) atoms. The molecule has 1 aliphatic heterocycles. The number of aromatic hydroxyl groups is 1. The minimum Gasteiger partial charge on any atom is -0.507 e. The third-order valence-electron chi connectivity index (χ3n) is 4.77. The monoisotopic (exact) mass is 379 g/mol. The maximum atomic E-state index is 10.4. The lowest BCUT2D eigenvalue weighted by Crippen LogP contribution is -2.45. The molecule has 0 amide bonds. The Bertz CT molecular complexity index is 932. The van der Waals surface area contributed by atoms with Gasteiger partial charge in [0.2, 0.25) is 0 Å². The number of aromatic nitrogens is 5. The minimum absolute atomic E-state index is 0.0919. The number of hydrogen-bond acceptors (Lipinski definition) is 7. The fourth-order valence-electron chi connectivity index (χ4n) is 3.55. The first-order chi connectivity index (χ1) is 13.4. The second-order valence-corrected chi connectivity index (χ2v) is 8.18. The lowest BCUT2D eigenvalue weighted by atomic mass is 10.1. The van der Waals surface area contributed by atoms with Crippen molar-refractivity contribution in [3.63, 3.8) is 0 Å². The van der Waals surface area contributed by atoms with Crippen molar-refractivity contribution in [3.05, 3.63) is 36.8 Å². The Kier molecular flexibility index (Phi) is 4.72. The molecule has 0 aliphatic carbocycles. The van der Waals surface area contributed by atoms with E-state index in [4.69, 9.17) is 0 Å². The lowest BCUT2D eigenvalue weighted by Gasteiger charge is -2.26. The highest BCUT2D eigenvalue weighted by atomic mass is 16.3. The molecule has 0 spiro atoms.